The van der Waals surface area contributed by atoms with Crippen molar-refractivity contribution in [3.05, 3.63) is 24.0 Å². The number of halogens is 1. The second-order valence-electron chi connectivity index (χ2n) is 5.47. The number of aliphatic carboxylic acids is 1. The van der Waals surface area contributed by atoms with E-state index in [0.717, 1.165) is 19.1 Å². The van der Waals surface area contributed by atoms with Gasteiger partial charge in [-0.05, 0) is 31.5 Å². The molecule has 1 rings (SSSR count). The van der Waals surface area contributed by atoms with Gasteiger partial charge in [0, 0.05) is 0 Å². The van der Waals surface area contributed by atoms with Crippen molar-refractivity contribution in [2.75, 3.05) is 17.0 Å². The van der Waals surface area contributed by atoms with Gasteiger partial charge in [0.15, 0.2) is 5.60 Å². The number of benzene rings is 1. The Hall–Kier alpha value is -1.76. The molecule has 0 aliphatic carbocycles. The Morgan fingerprint density at radius 1 is 1.28 bits per heavy atom. The lowest BCUT2D eigenvalue weighted by Crippen LogP contribution is -2.46. The van der Waals surface area contributed by atoms with Crippen molar-refractivity contribution in [1.29, 1.82) is 0 Å². The van der Waals surface area contributed by atoms with Crippen LogP contribution >= 0.6 is 0 Å². The van der Waals surface area contributed by atoms with E-state index in [9.17, 15) is 31.1 Å². The lowest BCUT2D eigenvalue weighted by molar-refractivity contribution is -0.155. The fourth-order valence-corrected chi connectivity index (χ4v) is 3.99. The lowest BCUT2D eigenvalue weighted by Gasteiger charge is -2.18. The fraction of sp³-hybridized carbons (Fsp3) is 0.462. The molecule has 0 saturated carbocycles. The second kappa shape index (κ2) is 7.64. The summed E-state index contributed by atoms with van der Waals surface area (Å²) in [7, 11) is -8.12. The van der Waals surface area contributed by atoms with Gasteiger partial charge in [0.2, 0.25) is 20.0 Å². The molecule has 12 heteroatoms. The van der Waals surface area contributed by atoms with Crippen LogP contribution in [0.4, 0.5) is 10.1 Å². The topological polar surface area (TPSA) is 150 Å². The predicted octanol–water partition coefficient (Wildman–Crippen LogP) is 0.0913. The highest BCUT2D eigenvalue weighted by Gasteiger charge is 2.32. The van der Waals surface area contributed by atoms with E-state index in [0.29, 0.717) is 12.5 Å². The molecule has 0 aliphatic heterocycles. The minimum Gasteiger partial charge on any atom is -0.479 e. The first-order chi connectivity index (χ1) is 11.3. The molecule has 1 aromatic rings. The van der Waals surface area contributed by atoms with Gasteiger partial charge in [-0.3, -0.25) is 4.72 Å². The van der Waals surface area contributed by atoms with E-state index >= 15 is 0 Å². The molecule has 25 heavy (non-hydrogen) atoms. The molecule has 142 valence electrons. The van der Waals surface area contributed by atoms with Crippen LogP contribution in [0.3, 0.4) is 0 Å². The number of hydrogen-bond donors (Lipinski definition) is 4. The Labute approximate surface area is 145 Å². The summed E-state index contributed by atoms with van der Waals surface area (Å²) >= 11 is 0. The van der Waals surface area contributed by atoms with Crippen LogP contribution in [-0.2, 0) is 24.8 Å². The largest absolute Gasteiger partial charge is 0.479 e. The monoisotopic (exact) mass is 398 g/mol. The maximum Gasteiger partial charge on any atom is 0.336 e. The van der Waals surface area contributed by atoms with Gasteiger partial charge in [-0.25, -0.2) is 30.7 Å². The summed E-state index contributed by atoms with van der Waals surface area (Å²) in [5.41, 5.74) is -2.53. The zero-order chi connectivity index (χ0) is 19.5. The van der Waals surface area contributed by atoms with E-state index in [2.05, 4.69) is 4.72 Å². The molecular formula is C13H19FN2O7S2. The Bertz CT molecular complexity index is 851. The molecule has 0 saturated heterocycles. The first kappa shape index (κ1) is 21.3. The van der Waals surface area contributed by atoms with Gasteiger partial charge >= 0.3 is 5.97 Å². The van der Waals surface area contributed by atoms with Gasteiger partial charge in [-0.2, -0.15) is 0 Å². The van der Waals surface area contributed by atoms with Gasteiger partial charge in [0.1, 0.15) is 10.7 Å². The summed E-state index contributed by atoms with van der Waals surface area (Å²) in [5, 5.41) is 18.2. The SMILES string of the molecule is CCCS(=O)(=O)Nc1ccc(S(=O)(=O)NCC(C)(O)C(=O)O)c(F)c1. The van der Waals surface area contributed by atoms with Crippen molar-refractivity contribution in [2.45, 2.75) is 30.8 Å². The number of nitrogens with one attached hydrogen (secondary N) is 2. The van der Waals surface area contributed by atoms with Gasteiger partial charge < -0.3 is 10.2 Å². The van der Waals surface area contributed by atoms with Gasteiger partial charge in [0.25, 0.3) is 0 Å². The van der Waals surface area contributed by atoms with Crippen LogP contribution < -0.4 is 9.44 Å². The Balaban J connectivity index is 3.01. The van der Waals surface area contributed by atoms with Crippen LogP contribution in [-0.4, -0.2) is 50.9 Å². The average Bonchev–Trinajstić information content (AvgIpc) is 2.44. The molecule has 0 fully saturated rings. The van der Waals surface area contributed by atoms with Crippen LogP contribution in [0.15, 0.2) is 23.1 Å². The maximum atomic E-state index is 14.1. The molecule has 1 aromatic carbocycles. The third-order valence-corrected chi connectivity index (χ3v) is 5.96. The molecule has 9 nitrogen and oxygen atoms in total. The minimum absolute atomic E-state index is 0.151. The summed E-state index contributed by atoms with van der Waals surface area (Å²) in [5.74, 6) is -3.07. The van der Waals surface area contributed by atoms with Gasteiger partial charge in [-0.1, -0.05) is 6.92 Å². The molecule has 0 radical (unpaired) electrons. The quantitative estimate of drug-likeness (QED) is 0.460. The van der Waals surface area contributed by atoms with Crippen LogP contribution in [0.25, 0.3) is 0 Å². The third kappa shape index (κ3) is 5.92. The van der Waals surface area contributed by atoms with Gasteiger partial charge in [0.05, 0.1) is 18.0 Å². The first-order valence-corrected chi connectivity index (χ1v) is 10.2. The van der Waals surface area contributed by atoms with Crippen molar-refractivity contribution in [3.8, 4) is 0 Å². The average molecular weight is 398 g/mol. The number of carbonyl (C=O) groups is 1. The summed E-state index contributed by atoms with van der Waals surface area (Å²) in [6.07, 6.45) is 0.345. The molecular weight excluding hydrogens is 379 g/mol. The summed E-state index contributed by atoms with van der Waals surface area (Å²) < 4.78 is 65.2. The Morgan fingerprint density at radius 2 is 1.88 bits per heavy atom. The Morgan fingerprint density at radius 3 is 2.36 bits per heavy atom. The first-order valence-electron chi connectivity index (χ1n) is 7.06. The minimum atomic E-state index is -4.45. The van der Waals surface area contributed by atoms with E-state index in [1.165, 1.54) is 0 Å². The smallest absolute Gasteiger partial charge is 0.336 e. The van der Waals surface area contributed by atoms with Crippen molar-refractivity contribution in [3.63, 3.8) is 0 Å². The number of carboxylic acid groups (broad SMARTS) is 1. The number of anilines is 1. The highest BCUT2D eigenvalue weighted by molar-refractivity contribution is 7.92. The number of hydrogen-bond acceptors (Lipinski definition) is 6. The van der Waals surface area contributed by atoms with Crippen molar-refractivity contribution in [1.82, 2.24) is 4.72 Å². The summed E-state index contributed by atoms with van der Waals surface area (Å²) in [6.45, 7) is 1.64. The van der Waals surface area contributed by atoms with Crippen molar-refractivity contribution in [2.24, 2.45) is 0 Å². The molecule has 1 unspecified atom stereocenters. The lowest BCUT2D eigenvalue weighted by atomic mass is 10.1. The van der Waals surface area contributed by atoms with Crippen LogP contribution in [0.2, 0.25) is 0 Å². The summed E-state index contributed by atoms with van der Waals surface area (Å²) in [4.78, 5) is 9.94. The van der Waals surface area contributed by atoms with Crippen LogP contribution in [0, 0.1) is 5.82 Å². The third-order valence-electron chi connectivity index (χ3n) is 3.03. The standard InChI is InChI=1S/C13H19FN2O7S2/c1-3-6-24(20,21)16-9-4-5-11(10(14)7-9)25(22,23)15-8-13(2,19)12(17)18/h4-5,7,15-16,19H,3,6,8H2,1-2H3,(H,17,18). The second-order valence-corrected chi connectivity index (χ2v) is 9.05. The molecule has 0 bridgehead atoms. The highest BCUT2D eigenvalue weighted by atomic mass is 32.2. The zero-order valence-corrected chi connectivity index (χ0v) is 15.1. The molecule has 4 N–H and O–H groups in total. The molecule has 0 amide bonds. The summed E-state index contributed by atoms with van der Waals surface area (Å²) in [6, 6.07) is 2.58. The van der Waals surface area contributed by atoms with E-state index in [1.54, 1.807) is 11.6 Å². The predicted molar refractivity (Wildman–Crippen MR) is 87.5 cm³/mol. The molecule has 0 spiro atoms. The molecule has 1 atom stereocenters. The van der Waals surface area contributed by atoms with Crippen molar-refractivity contribution < 1.29 is 36.2 Å². The maximum absolute atomic E-state index is 14.1. The number of rotatable bonds is 9. The zero-order valence-electron chi connectivity index (χ0n) is 13.5. The van der Waals surface area contributed by atoms with Crippen LogP contribution in [0.1, 0.15) is 20.3 Å². The van der Waals surface area contributed by atoms with Crippen LogP contribution in [0.5, 0.6) is 0 Å². The van der Waals surface area contributed by atoms with E-state index in [4.69, 9.17) is 5.11 Å². The Kier molecular flexibility index (Phi) is 6.50. The van der Waals surface area contributed by atoms with E-state index in [1.807, 2.05) is 0 Å². The normalized spacial score (nSPS) is 14.7. The van der Waals surface area contributed by atoms with E-state index in [-0.39, 0.29) is 11.4 Å². The molecule has 0 heterocycles. The molecule has 0 aliphatic rings. The number of carboxylic acids is 1. The number of sulfonamides is 2. The van der Waals surface area contributed by atoms with Gasteiger partial charge in [-0.15, -0.1) is 0 Å². The highest BCUT2D eigenvalue weighted by Crippen LogP contribution is 2.20. The molecule has 0 aromatic heterocycles. The van der Waals surface area contributed by atoms with Crippen molar-refractivity contribution >= 4 is 31.7 Å². The van der Waals surface area contributed by atoms with E-state index < -0.39 is 48.9 Å². The number of aliphatic hydroxyl groups is 1. The fourth-order valence-electron chi connectivity index (χ4n) is 1.67.